The maximum Gasteiger partial charge on any atom is 0 e. The van der Waals surface area contributed by atoms with Crippen LogP contribution in [0, 0.1) is 0 Å². The van der Waals surface area contributed by atoms with Gasteiger partial charge < -0.3 is 0 Å². The Morgan fingerprint density at radius 2 is 1.00 bits per heavy atom. The lowest BCUT2D eigenvalue weighted by Crippen LogP contribution is -1.81. The Bertz CT molecular complexity index is 76.4. The zero-order valence-corrected chi connectivity index (χ0v) is 10.6. The minimum absolute atomic E-state index is 0. The van der Waals surface area contributed by atoms with Crippen molar-refractivity contribution in [2.24, 2.45) is 0 Å². The van der Waals surface area contributed by atoms with Gasteiger partial charge in [-0.25, -0.2) is 0 Å². The molecule has 0 aromatic heterocycles. The molecule has 2 heteroatoms. The fourth-order valence-corrected chi connectivity index (χ4v) is 1.82. The van der Waals surface area contributed by atoms with Crippen molar-refractivity contribution in [3.05, 3.63) is 0 Å². The summed E-state index contributed by atoms with van der Waals surface area (Å²) in [6.07, 6.45) is 14.2. The highest BCUT2D eigenvalue weighted by Gasteiger charge is 1.91. The number of unbranched alkanes of at least 4 members (excludes halogenated alkanes) is 9. The molecule has 1 nitrogen and oxygen atoms in total. The normalized spacial score (nSPS) is 9.86. The summed E-state index contributed by atoms with van der Waals surface area (Å²) < 4.78 is 0. The van der Waals surface area contributed by atoms with Crippen LogP contribution in [0.25, 0.3) is 0 Å². The molecular weight excluding hydrogens is 190 g/mol. The molecule has 14 heavy (non-hydrogen) atoms. The van der Waals surface area contributed by atoms with Crippen LogP contribution in [-0.4, -0.2) is 5.75 Å². The number of thiol groups is 1. The van der Waals surface area contributed by atoms with E-state index >= 15 is 0 Å². The topological polar surface area (TPSA) is 30.5 Å². The first-order valence-electron chi connectivity index (χ1n) is 6.02. The van der Waals surface area contributed by atoms with E-state index in [-0.39, 0.29) is 6.15 Å². The van der Waals surface area contributed by atoms with Gasteiger partial charge in [0.1, 0.15) is 0 Å². The van der Waals surface area contributed by atoms with Gasteiger partial charge in [0.25, 0.3) is 0 Å². The van der Waals surface area contributed by atoms with E-state index in [0.717, 1.165) is 5.75 Å². The molecule has 3 radical (unpaired) electrons. The summed E-state index contributed by atoms with van der Waals surface area (Å²) in [5.41, 5.74) is 0. The van der Waals surface area contributed by atoms with Gasteiger partial charge in [-0.15, -0.1) is 0 Å². The maximum absolute atomic E-state index is 4.20. The molecule has 0 amide bonds. The second-order valence-electron chi connectivity index (χ2n) is 3.91. The lowest BCUT2D eigenvalue weighted by Gasteiger charge is -2.00. The standard InChI is InChI=1S/C12H26S.N/c1-2-3-4-5-6-7-8-9-10-11-12-13;/h13H,2-12H2,1H3;. The van der Waals surface area contributed by atoms with Gasteiger partial charge in [0.2, 0.25) is 0 Å². The van der Waals surface area contributed by atoms with Gasteiger partial charge in [0, 0.05) is 6.15 Å². The van der Waals surface area contributed by atoms with E-state index in [9.17, 15) is 0 Å². The van der Waals surface area contributed by atoms with Gasteiger partial charge in [0.15, 0.2) is 0 Å². The van der Waals surface area contributed by atoms with Gasteiger partial charge in [-0.3, -0.25) is 0 Å². The Morgan fingerprint density at radius 1 is 0.643 bits per heavy atom. The van der Waals surface area contributed by atoms with E-state index < -0.39 is 0 Å². The van der Waals surface area contributed by atoms with Crippen molar-refractivity contribution in [2.45, 2.75) is 71.1 Å². The van der Waals surface area contributed by atoms with Crippen molar-refractivity contribution in [3.63, 3.8) is 0 Å². The van der Waals surface area contributed by atoms with E-state index in [2.05, 4.69) is 19.6 Å². The molecule has 0 aromatic rings. The van der Waals surface area contributed by atoms with Gasteiger partial charge in [0.05, 0.1) is 0 Å². The monoisotopic (exact) mass is 216 g/mol. The molecule has 0 unspecified atom stereocenters. The number of hydrogen-bond acceptors (Lipinski definition) is 1. The van der Waals surface area contributed by atoms with Gasteiger partial charge >= 0.3 is 0 Å². The highest BCUT2D eigenvalue weighted by molar-refractivity contribution is 7.80. The molecule has 0 fully saturated rings. The van der Waals surface area contributed by atoms with Crippen LogP contribution in [0.15, 0.2) is 0 Å². The minimum Gasteiger partial charge on any atom is -0.179 e. The molecule has 0 rings (SSSR count). The second kappa shape index (κ2) is 15.8. The van der Waals surface area contributed by atoms with Crippen molar-refractivity contribution >= 4 is 12.6 Å². The zero-order valence-electron chi connectivity index (χ0n) is 9.67. The SMILES string of the molecule is CCCCCCCCCCCCS.[N]. The van der Waals surface area contributed by atoms with Crippen LogP contribution in [0.2, 0.25) is 0 Å². The Hall–Kier alpha value is 0.310. The average Bonchev–Trinajstić information content (AvgIpc) is 2.16. The molecular formula is C12H26NS. The zero-order chi connectivity index (χ0) is 9.78. The van der Waals surface area contributed by atoms with Crippen LogP contribution in [0.4, 0.5) is 0 Å². The van der Waals surface area contributed by atoms with Gasteiger partial charge in [-0.1, -0.05) is 64.7 Å². The third-order valence-corrected chi connectivity index (χ3v) is 2.83. The van der Waals surface area contributed by atoms with Crippen LogP contribution in [0.1, 0.15) is 71.1 Å². The lowest BCUT2D eigenvalue weighted by molar-refractivity contribution is 0.563. The highest BCUT2D eigenvalue weighted by Crippen LogP contribution is 2.10. The molecule has 0 aliphatic carbocycles. The van der Waals surface area contributed by atoms with E-state index in [1.807, 2.05) is 0 Å². The summed E-state index contributed by atoms with van der Waals surface area (Å²) in [7, 11) is 0. The Kier molecular flexibility index (Phi) is 18.8. The number of hydrogen-bond donors (Lipinski definition) is 1. The number of rotatable bonds is 10. The average molecular weight is 216 g/mol. The third kappa shape index (κ3) is 14.8. The summed E-state index contributed by atoms with van der Waals surface area (Å²) in [4.78, 5) is 0. The lowest BCUT2D eigenvalue weighted by atomic mass is 10.1. The first kappa shape index (κ1) is 16.7. The third-order valence-electron chi connectivity index (χ3n) is 2.51. The van der Waals surface area contributed by atoms with Crippen molar-refractivity contribution in [1.82, 2.24) is 6.15 Å². The van der Waals surface area contributed by atoms with Crippen LogP contribution in [0.5, 0.6) is 0 Å². The van der Waals surface area contributed by atoms with Crippen molar-refractivity contribution in [3.8, 4) is 0 Å². The van der Waals surface area contributed by atoms with Crippen LogP contribution in [-0.2, 0) is 0 Å². The predicted octanol–water partition coefficient (Wildman–Crippen LogP) is 4.36. The fraction of sp³-hybridized carbons (Fsp3) is 1.00. The van der Waals surface area contributed by atoms with Crippen LogP contribution in [0.3, 0.4) is 0 Å². The molecule has 0 saturated carbocycles. The first-order valence-corrected chi connectivity index (χ1v) is 6.66. The molecule has 0 atom stereocenters. The molecule has 0 spiro atoms. The molecule has 0 heterocycles. The summed E-state index contributed by atoms with van der Waals surface area (Å²) in [5.74, 6) is 1.07. The minimum atomic E-state index is 0. The van der Waals surface area contributed by atoms with Gasteiger partial charge in [-0.05, 0) is 12.2 Å². The van der Waals surface area contributed by atoms with E-state index in [0.29, 0.717) is 0 Å². The molecule has 0 saturated heterocycles. The Balaban J connectivity index is 0. The Morgan fingerprint density at radius 3 is 1.36 bits per heavy atom. The fourth-order valence-electron chi connectivity index (χ4n) is 1.60. The Labute approximate surface area is 96.0 Å². The molecule has 0 aliphatic rings. The smallest absolute Gasteiger partial charge is 0 e. The number of nitrogens with zero attached hydrogens (tertiary/aromatic N) is 1. The maximum atomic E-state index is 4.20. The summed E-state index contributed by atoms with van der Waals surface area (Å²) >= 11 is 4.20. The van der Waals surface area contributed by atoms with E-state index in [1.165, 1.54) is 64.2 Å². The molecule has 0 N–H and O–H groups in total. The summed E-state index contributed by atoms with van der Waals surface area (Å²) in [6.45, 7) is 2.28. The first-order chi connectivity index (χ1) is 6.41. The molecule has 85 valence electrons. The summed E-state index contributed by atoms with van der Waals surface area (Å²) in [6, 6.07) is 0. The summed E-state index contributed by atoms with van der Waals surface area (Å²) in [5, 5.41) is 0. The quantitative estimate of drug-likeness (QED) is 0.415. The molecule has 0 aliphatic heterocycles. The van der Waals surface area contributed by atoms with E-state index in [1.54, 1.807) is 0 Å². The van der Waals surface area contributed by atoms with Crippen molar-refractivity contribution in [1.29, 1.82) is 0 Å². The van der Waals surface area contributed by atoms with Crippen molar-refractivity contribution in [2.75, 3.05) is 5.75 Å². The van der Waals surface area contributed by atoms with Gasteiger partial charge in [-0.2, -0.15) is 12.6 Å². The largest absolute Gasteiger partial charge is 0.179 e. The molecule has 0 bridgehead atoms. The molecule has 0 aromatic carbocycles. The van der Waals surface area contributed by atoms with E-state index in [4.69, 9.17) is 0 Å². The van der Waals surface area contributed by atoms with Crippen molar-refractivity contribution < 1.29 is 0 Å². The van der Waals surface area contributed by atoms with Crippen LogP contribution >= 0.6 is 12.6 Å². The highest BCUT2D eigenvalue weighted by atomic mass is 32.1. The van der Waals surface area contributed by atoms with Crippen LogP contribution < -0.4 is 6.15 Å². The second-order valence-corrected chi connectivity index (χ2v) is 4.35. The predicted molar refractivity (Wildman–Crippen MR) is 67.8 cm³/mol.